The van der Waals surface area contributed by atoms with Gasteiger partial charge >= 0.3 is 0 Å². The number of piperidine rings is 1. The third kappa shape index (κ3) is 4.03. The van der Waals surface area contributed by atoms with Crippen LogP contribution >= 0.6 is 0 Å². The second-order valence-electron chi connectivity index (χ2n) is 7.87. The van der Waals surface area contributed by atoms with Crippen LogP contribution in [0.1, 0.15) is 19.3 Å². The molecule has 1 saturated heterocycles. The summed E-state index contributed by atoms with van der Waals surface area (Å²) in [6, 6.07) is 14.4. The van der Waals surface area contributed by atoms with E-state index in [2.05, 4.69) is 14.9 Å². The molecule has 1 aliphatic heterocycles. The fraction of sp³-hybridized carbons (Fsp3) is 0.280. The van der Waals surface area contributed by atoms with Gasteiger partial charge in [0, 0.05) is 36.3 Å². The summed E-state index contributed by atoms with van der Waals surface area (Å²) in [5.74, 6) is -0.260. The Morgan fingerprint density at radius 3 is 2.42 bits per heavy atom. The van der Waals surface area contributed by atoms with E-state index in [-0.39, 0.29) is 5.82 Å². The van der Waals surface area contributed by atoms with Gasteiger partial charge in [-0.25, -0.2) is 4.39 Å². The average molecular weight is 417 g/mol. The van der Waals surface area contributed by atoms with Gasteiger partial charge in [0.05, 0.1) is 5.69 Å². The Kier molecular flexibility index (Phi) is 5.63. The van der Waals surface area contributed by atoms with Crippen molar-refractivity contribution in [1.82, 2.24) is 19.6 Å². The van der Waals surface area contributed by atoms with Gasteiger partial charge in [0.15, 0.2) is 0 Å². The molecule has 4 aromatic rings. The average Bonchev–Trinajstić information content (AvgIpc) is 3.15. The summed E-state index contributed by atoms with van der Waals surface area (Å²) in [6.07, 6.45) is 9.16. The number of pyridine rings is 2. The van der Waals surface area contributed by atoms with E-state index in [1.165, 1.54) is 31.4 Å². The summed E-state index contributed by atoms with van der Waals surface area (Å²) in [5, 5.41) is 0. The minimum absolute atomic E-state index is 0.260. The van der Waals surface area contributed by atoms with Crippen LogP contribution in [0.25, 0.3) is 33.4 Å². The SMILES string of the molecule is Fc1ccc(-c2c(-c3ccncc3)n(OCCN3CCCCC3)c3cccnc23)cc1. The van der Waals surface area contributed by atoms with Crippen molar-refractivity contribution in [2.24, 2.45) is 0 Å². The van der Waals surface area contributed by atoms with E-state index in [0.29, 0.717) is 6.61 Å². The Balaban J connectivity index is 1.60. The normalized spacial score (nSPS) is 14.7. The number of hydrogen-bond donors (Lipinski definition) is 0. The maximum absolute atomic E-state index is 13.6. The lowest BCUT2D eigenvalue weighted by Gasteiger charge is -2.26. The molecule has 0 amide bonds. The Morgan fingerprint density at radius 1 is 0.871 bits per heavy atom. The zero-order valence-electron chi connectivity index (χ0n) is 17.4. The van der Waals surface area contributed by atoms with Crippen LogP contribution in [0.5, 0.6) is 0 Å². The van der Waals surface area contributed by atoms with Crippen LogP contribution in [0, 0.1) is 5.82 Å². The van der Waals surface area contributed by atoms with E-state index >= 15 is 0 Å². The molecule has 6 heteroatoms. The highest BCUT2D eigenvalue weighted by molar-refractivity contribution is 6.01. The van der Waals surface area contributed by atoms with Crippen LogP contribution in [-0.2, 0) is 0 Å². The van der Waals surface area contributed by atoms with Crippen molar-refractivity contribution in [2.75, 3.05) is 26.2 Å². The molecule has 0 atom stereocenters. The first-order valence-corrected chi connectivity index (χ1v) is 10.8. The summed E-state index contributed by atoms with van der Waals surface area (Å²) >= 11 is 0. The topological polar surface area (TPSA) is 43.2 Å². The smallest absolute Gasteiger partial charge is 0.127 e. The van der Waals surface area contributed by atoms with E-state index < -0.39 is 0 Å². The molecule has 158 valence electrons. The van der Waals surface area contributed by atoms with Crippen LogP contribution in [0.3, 0.4) is 0 Å². The highest BCUT2D eigenvalue weighted by Gasteiger charge is 2.22. The molecule has 0 bridgehead atoms. The zero-order chi connectivity index (χ0) is 21.0. The summed E-state index contributed by atoms with van der Waals surface area (Å²) in [7, 11) is 0. The van der Waals surface area contributed by atoms with Crippen LogP contribution in [0.4, 0.5) is 4.39 Å². The highest BCUT2D eigenvalue weighted by Crippen LogP contribution is 2.39. The van der Waals surface area contributed by atoms with Gasteiger partial charge in [0.2, 0.25) is 0 Å². The number of benzene rings is 1. The molecule has 0 unspecified atom stereocenters. The number of aromatic nitrogens is 3. The van der Waals surface area contributed by atoms with E-state index in [9.17, 15) is 4.39 Å². The fourth-order valence-corrected chi connectivity index (χ4v) is 4.33. The molecule has 5 nitrogen and oxygen atoms in total. The van der Waals surface area contributed by atoms with E-state index in [4.69, 9.17) is 4.84 Å². The van der Waals surface area contributed by atoms with Crippen molar-refractivity contribution in [1.29, 1.82) is 0 Å². The van der Waals surface area contributed by atoms with Crippen molar-refractivity contribution >= 4 is 11.0 Å². The number of hydrogen-bond acceptors (Lipinski definition) is 4. The van der Waals surface area contributed by atoms with Crippen LogP contribution in [-0.4, -0.2) is 45.8 Å². The van der Waals surface area contributed by atoms with Crippen molar-refractivity contribution in [2.45, 2.75) is 19.3 Å². The van der Waals surface area contributed by atoms with Crippen LogP contribution in [0.2, 0.25) is 0 Å². The molecule has 0 N–H and O–H groups in total. The second-order valence-corrected chi connectivity index (χ2v) is 7.87. The Hall–Kier alpha value is -3.25. The Morgan fingerprint density at radius 2 is 1.65 bits per heavy atom. The predicted molar refractivity (Wildman–Crippen MR) is 120 cm³/mol. The minimum Gasteiger partial charge on any atom is -0.412 e. The monoisotopic (exact) mass is 416 g/mol. The third-order valence-corrected chi connectivity index (χ3v) is 5.85. The largest absolute Gasteiger partial charge is 0.412 e. The van der Waals surface area contributed by atoms with Crippen LogP contribution in [0.15, 0.2) is 67.1 Å². The molecular formula is C25H25FN4O. The molecule has 0 saturated carbocycles. The summed E-state index contributed by atoms with van der Waals surface area (Å²) < 4.78 is 15.5. The van der Waals surface area contributed by atoms with Crippen molar-refractivity contribution in [3.05, 3.63) is 72.9 Å². The van der Waals surface area contributed by atoms with Gasteiger partial charge in [-0.2, -0.15) is 4.73 Å². The number of rotatable bonds is 6. The van der Waals surface area contributed by atoms with Gasteiger partial charge in [-0.3, -0.25) is 14.9 Å². The third-order valence-electron chi connectivity index (χ3n) is 5.85. The molecule has 0 aliphatic carbocycles. The summed E-state index contributed by atoms with van der Waals surface area (Å²) in [6.45, 7) is 3.74. The lowest BCUT2D eigenvalue weighted by atomic mass is 10.0. The Bertz CT molecular complexity index is 1150. The summed E-state index contributed by atoms with van der Waals surface area (Å²) in [5.41, 5.74) is 5.44. The first kappa shape index (κ1) is 19.7. The maximum Gasteiger partial charge on any atom is 0.127 e. The van der Waals surface area contributed by atoms with Gasteiger partial charge in [0.25, 0.3) is 0 Å². The first-order valence-electron chi connectivity index (χ1n) is 10.8. The Labute approximate surface area is 181 Å². The lowest BCUT2D eigenvalue weighted by Crippen LogP contribution is -2.34. The standard InChI is InChI=1S/C25H25FN4O/c26-21-8-6-19(7-9-21)23-24-22(5-4-12-28-24)30(25(23)20-10-13-27-14-11-20)31-18-17-29-15-2-1-3-16-29/h4-14H,1-3,15-18H2. The number of nitrogens with zero attached hydrogens (tertiary/aromatic N) is 4. The van der Waals surface area contributed by atoms with Crippen molar-refractivity contribution in [3.63, 3.8) is 0 Å². The second kappa shape index (κ2) is 8.86. The number of fused-ring (bicyclic) bond motifs is 1. The molecule has 3 aromatic heterocycles. The van der Waals surface area contributed by atoms with E-state index in [0.717, 1.165) is 53.1 Å². The molecule has 5 rings (SSSR count). The zero-order valence-corrected chi connectivity index (χ0v) is 17.4. The first-order chi connectivity index (χ1) is 15.3. The van der Waals surface area contributed by atoms with E-state index in [1.54, 1.807) is 30.7 Å². The van der Waals surface area contributed by atoms with E-state index in [1.807, 2.05) is 29.0 Å². The molecule has 4 heterocycles. The van der Waals surface area contributed by atoms with Crippen LogP contribution < -0.4 is 4.84 Å². The van der Waals surface area contributed by atoms with Gasteiger partial charge < -0.3 is 4.84 Å². The maximum atomic E-state index is 13.6. The minimum atomic E-state index is -0.260. The molecule has 0 spiro atoms. The van der Waals surface area contributed by atoms with Crippen molar-refractivity contribution < 1.29 is 9.23 Å². The highest BCUT2D eigenvalue weighted by atomic mass is 19.1. The van der Waals surface area contributed by atoms with Gasteiger partial charge in [0.1, 0.15) is 23.5 Å². The van der Waals surface area contributed by atoms with Gasteiger partial charge in [-0.15, -0.1) is 0 Å². The number of likely N-dealkylation sites (tertiary alicyclic amines) is 1. The molecule has 1 aromatic carbocycles. The molecule has 31 heavy (non-hydrogen) atoms. The number of halogens is 1. The lowest BCUT2D eigenvalue weighted by molar-refractivity contribution is 0.0902. The quantitative estimate of drug-likeness (QED) is 0.452. The van der Waals surface area contributed by atoms with Gasteiger partial charge in [-0.05, 0) is 67.9 Å². The molecule has 1 fully saturated rings. The molecule has 0 radical (unpaired) electrons. The molecular weight excluding hydrogens is 391 g/mol. The predicted octanol–water partition coefficient (Wildman–Crippen LogP) is 4.82. The van der Waals surface area contributed by atoms with Crippen molar-refractivity contribution in [3.8, 4) is 22.4 Å². The summed E-state index contributed by atoms with van der Waals surface area (Å²) in [4.78, 5) is 17.7. The molecule has 1 aliphatic rings. The fourth-order valence-electron chi connectivity index (χ4n) is 4.33. The van der Waals surface area contributed by atoms with Gasteiger partial charge in [-0.1, -0.05) is 18.6 Å².